The third-order valence-electron chi connectivity index (χ3n) is 3.60. The Kier molecular flexibility index (Phi) is 4.36. The molecule has 0 fully saturated rings. The van der Waals surface area contributed by atoms with Gasteiger partial charge in [-0.2, -0.15) is 0 Å². The first-order valence-electron chi connectivity index (χ1n) is 7.11. The number of hydrogen-bond acceptors (Lipinski definition) is 2. The van der Waals surface area contributed by atoms with Crippen molar-refractivity contribution in [2.24, 2.45) is 0 Å². The van der Waals surface area contributed by atoms with Crippen LogP contribution < -0.4 is 5.32 Å². The second kappa shape index (κ2) is 6.41. The van der Waals surface area contributed by atoms with Crippen molar-refractivity contribution in [2.75, 3.05) is 0 Å². The van der Waals surface area contributed by atoms with Gasteiger partial charge in [-0.05, 0) is 43.2 Å². The largest absolute Gasteiger partial charge is 0.308 e. The molecule has 3 nitrogen and oxygen atoms in total. The smallest absolute Gasteiger partial charge is 0.136 e. The molecule has 0 bridgehead atoms. The molecule has 1 unspecified atom stereocenters. The highest BCUT2D eigenvalue weighted by atomic mass is 79.9. The van der Waals surface area contributed by atoms with Gasteiger partial charge in [-0.25, -0.2) is 4.98 Å². The van der Waals surface area contributed by atoms with Gasteiger partial charge in [0.2, 0.25) is 0 Å². The summed E-state index contributed by atoms with van der Waals surface area (Å²) in [4.78, 5) is 4.31. The van der Waals surface area contributed by atoms with E-state index in [1.807, 2.05) is 18.5 Å². The molecule has 2 aromatic heterocycles. The topological polar surface area (TPSA) is 29.3 Å². The fourth-order valence-corrected chi connectivity index (χ4v) is 2.74. The predicted molar refractivity (Wildman–Crippen MR) is 89.3 cm³/mol. The number of imidazole rings is 1. The Bertz CT molecular complexity index is 718. The Hall–Kier alpha value is -1.65. The van der Waals surface area contributed by atoms with Gasteiger partial charge in [-0.3, -0.25) is 0 Å². The SMILES string of the molecule is CC(Cc1ccc(Br)cc1)NCc1cccc2nccn12. The van der Waals surface area contributed by atoms with Gasteiger partial charge in [-0.15, -0.1) is 0 Å². The van der Waals surface area contributed by atoms with Crippen LogP contribution in [0, 0.1) is 0 Å². The molecule has 0 saturated carbocycles. The lowest BCUT2D eigenvalue weighted by atomic mass is 10.1. The van der Waals surface area contributed by atoms with Crippen LogP contribution in [0.5, 0.6) is 0 Å². The Labute approximate surface area is 133 Å². The molecule has 1 N–H and O–H groups in total. The quantitative estimate of drug-likeness (QED) is 0.763. The molecular weight excluding hydrogens is 326 g/mol. The first-order chi connectivity index (χ1) is 10.2. The van der Waals surface area contributed by atoms with Crippen LogP contribution in [0.2, 0.25) is 0 Å². The number of rotatable bonds is 5. The van der Waals surface area contributed by atoms with Crippen LogP contribution in [-0.4, -0.2) is 15.4 Å². The Morgan fingerprint density at radius 2 is 2.00 bits per heavy atom. The molecule has 0 radical (unpaired) electrons. The van der Waals surface area contributed by atoms with Gasteiger partial charge in [0, 0.05) is 35.1 Å². The van der Waals surface area contributed by atoms with E-state index in [-0.39, 0.29) is 0 Å². The summed E-state index contributed by atoms with van der Waals surface area (Å²) in [6, 6.07) is 15.1. The van der Waals surface area contributed by atoms with Gasteiger partial charge >= 0.3 is 0 Å². The zero-order valence-corrected chi connectivity index (χ0v) is 13.5. The molecule has 0 amide bonds. The van der Waals surface area contributed by atoms with Crippen molar-refractivity contribution < 1.29 is 0 Å². The van der Waals surface area contributed by atoms with Crippen molar-refractivity contribution in [3.63, 3.8) is 0 Å². The molecule has 3 aromatic rings. The molecule has 1 aromatic carbocycles. The molecule has 0 aliphatic rings. The third-order valence-corrected chi connectivity index (χ3v) is 4.13. The number of halogens is 1. The Balaban J connectivity index is 1.62. The van der Waals surface area contributed by atoms with Crippen LogP contribution in [0.3, 0.4) is 0 Å². The van der Waals surface area contributed by atoms with E-state index in [9.17, 15) is 0 Å². The van der Waals surface area contributed by atoms with Crippen LogP contribution >= 0.6 is 15.9 Å². The van der Waals surface area contributed by atoms with E-state index in [0.717, 1.165) is 23.1 Å². The monoisotopic (exact) mass is 343 g/mol. The number of aromatic nitrogens is 2. The molecule has 1 atom stereocenters. The highest BCUT2D eigenvalue weighted by Gasteiger charge is 2.05. The molecule has 0 saturated heterocycles. The van der Waals surface area contributed by atoms with Crippen molar-refractivity contribution >= 4 is 21.6 Å². The van der Waals surface area contributed by atoms with E-state index in [1.165, 1.54) is 11.3 Å². The van der Waals surface area contributed by atoms with Crippen molar-refractivity contribution in [1.82, 2.24) is 14.7 Å². The maximum atomic E-state index is 4.31. The zero-order chi connectivity index (χ0) is 14.7. The summed E-state index contributed by atoms with van der Waals surface area (Å²) in [5.41, 5.74) is 3.57. The second-order valence-corrected chi connectivity index (χ2v) is 6.20. The van der Waals surface area contributed by atoms with E-state index in [0.29, 0.717) is 6.04 Å². The molecule has 0 aliphatic heterocycles. The zero-order valence-electron chi connectivity index (χ0n) is 12.0. The second-order valence-electron chi connectivity index (χ2n) is 5.29. The van der Waals surface area contributed by atoms with Crippen LogP contribution in [0.25, 0.3) is 5.65 Å². The molecule has 4 heteroatoms. The van der Waals surface area contributed by atoms with E-state index < -0.39 is 0 Å². The van der Waals surface area contributed by atoms with Crippen molar-refractivity contribution in [3.8, 4) is 0 Å². The van der Waals surface area contributed by atoms with Crippen molar-refractivity contribution in [2.45, 2.75) is 25.9 Å². The maximum absolute atomic E-state index is 4.31. The highest BCUT2D eigenvalue weighted by Crippen LogP contribution is 2.12. The Morgan fingerprint density at radius 3 is 2.81 bits per heavy atom. The first kappa shape index (κ1) is 14.3. The minimum absolute atomic E-state index is 0.421. The van der Waals surface area contributed by atoms with Crippen LogP contribution in [0.15, 0.2) is 59.3 Å². The minimum Gasteiger partial charge on any atom is -0.308 e. The summed E-state index contributed by atoms with van der Waals surface area (Å²) in [7, 11) is 0. The average Bonchev–Trinajstić information content (AvgIpc) is 2.96. The number of hydrogen-bond donors (Lipinski definition) is 1. The summed E-state index contributed by atoms with van der Waals surface area (Å²) < 4.78 is 3.25. The lowest BCUT2D eigenvalue weighted by Crippen LogP contribution is -2.28. The number of nitrogens with one attached hydrogen (secondary N) is 1. The lowest BCUT2D eigenvalue weighted by molar-refractivity contribution is 0.538. The van der Waals surface area contributed by atoms with Gasteiger partial charge < -0.3 is 9.72 Å². The lowest BCUT2D eigenvalue weighted by Gasteiger charge is -2.15. The molecule has 2 heterocycles. The number of nitrogens with zero attached hydrogens (tertiary/aromatic N) is 2. The first-order valence-corrected chi connectivity index (χ1v) is 7.90. The van der Waals surface area contributed by atoms with Crippen LogP contribution in [0.4, 0.5) is 0 Å². The fraction of sp³-hybridized carbons (Fsp3) is 0.235. The summed E-state index contributed by atoms with van der Waals surface area (Å²) in [5, 5.41) is 3.58. The van der Waals surface area contributed by atoms with Gasteiger partial charge in [0.1, 0.15) is 5.65 Å². The van der Waals surface area contributed by atoms with Gasteiger partial charge in [-0.1, -0.05) is 34.1 Å². The Morgan fingerprint density at radius 1 is 1.19 bits per heavy atom. The average molecular weight is 344 g/mol. The summed E-state index contributed by atoms with van der Waals surface area (Å²) in [6.07, 6.45) is 4.86. The highest BCUT2D eigenvalue weighted by molar-refractivity contribution is 9.10. The summed E-state index contributed by atoms with van der Waals surface area (Å²) in [6.45, 7) is 3.06. The molecular formula is C17H18BrN3. The van der Waals surface area contributed by atoms with Crippen molar-refractivity contribution in [3.05, 3.63) is 70.6 Å². The normalized spacial score (nSPS) is 12.7. The minimum atomic E-state index is 0.421. The van der Waals surface area contributed by atoms with E-state index in [1.54, 1.807) is 0 Å². The molecule has 0 aliphatic carbocycles. The number of benzene rings is 1. The predicted octanol–water partition coefficient (Wildman–Crippen LogP) is 3.82. The van der Waals surface area contributed by atoms with E-state index in [4.69, 9.17) is 0 Å². The van der Waals surface area contributed by atoms with Crippen LogP contribution in [-0.2, 0) is 13.0 Å². The number of fused-ring (bicyclic) bond motifs is 1. The molecule has 3 rings (SSSR count). The maximum Gasteiger partial charge on any atom is 0.136 e. The molecule has 0 spiro atoms. The van der Waals surface area contributed by atoms with E-state index in [2.05, 4.69) is 74.0 Å². The third kappa shape index (κ3) is 3.52. The summed E-state index contributed by atoms with van der Waals surface area (Å²) >= 11 is 3.47. The summed E-state index contributed by atoms with van der Waals surface area (Å²) in [5.74, 6) is 0. The molecule has 21 heavy (non-hydrogen) atoms. The fourth-order valence-electron chi connectivity index (χ4n) is 2.48. The van der Waals surface area contributed by atoms with E-state index >= 15 is 0 Å². The van der Waals surface area contributed by atoms with Gasteiger partial charge in [0.05, 0.1) is 0 Å². The van der Waals surface area contributed by atoms with Crippen molar-refractivity contribution in [1.29, 1.82) is 0 Å². The van der Waals surface area contributed by atoms with Gasteiger partial charge in [0.25, 0.3) is 0 Å². The van der Waals surface area contributed by atoms with Crippen LogP contribution in [0.1, 0.15) is 18.2 Å². The van der Waals surface area contributed by atoms with Gasteiger partial charge in [0.15, 0.2) is 0 Å². The number of pyridine rings is 1. The molecule has 108 valence electrons. The standard InChI is InChI=1S/C17H18BrN3/c1-13(11-14-5-7-15(18)8-6-14)20-12-16-3-2-4-17-19-9-10-21(16)17/h2-10,13,20H,11-12H2,1H3.